The van der Waals surface area contributed by atoms with Gasteiger partial charge in [0.15, 0.2) is 5.82 Å². The first-order valence-corrected chi connectivity index (χ1v) is 9.77. The fraction of sp³-hybridized carbons (Fsp3) is 0.476. The number of imidazole rings is 1. The summed E-state index contributed by atoms with van der Waals surface area (Å²) in [5, 5.41) is 5.88. The summed E-state index contributed by atoms with van der Waals surface area (Å²) in [5.74, 6) is -0.171. The van der Waals surface area contributed by atoms with Gasteiger partial charge in [0.25, 0.3) is 11.8 Å². The summed E-state index contributed by atoms with van der Waals surface area (Å²) < 4.78 is 1.91. The number of fused-ring (bicyclic) bond motifs is 1. The fourth-order valence-electron chi connectivity index (χ4n) is 3.42. The highest BCUT2D eigenvalue weighted by molar-refractivity contribution is 6.04. The summed E-state index contributed by atoms with van der Waals surface area (Å²) in [6.45, 7) is 5.95. The maximum Gasteiger partial charge on any atom is 0.291 e. The molecule has 2 aromatic rings. The van der Waals surface area contributed by atoms with Gasteiger partial charge in [0.1, 0.15) is 5.69 Å². The number of benzene rings is 1. The lowest BCUT2D eigenvalue weighted by Gasteiger charge is -2.17. The van der Waals surface area contributed by atoms with Gasteiger partial charge in [0, 0.05) is 25.3 Å². The zero-order chi connectivity index (χ0) is 20.3. The van der Waals surface area contributed by atoms with E-state index in [1.165, 1.54) is 0 Å². The van der Waals surface area contributed by atoms with Gasteiger partial charge < -0.3 is 20.1 Å². The summed E-state index contributed by atoms with van der Waals surface area (Å²) >= 11 is 0. The maximum absolute atomic E-state index is 13.0. The highest BCUT2D eigenvalue weighted by Gasteiger charge is 2.27. The predicted octanol–water partition coefficient (Wildman–Crippen LogP) is 2.38. The van der Waals surface area contributed by atoms with E-state index in [9.17, 15) is 9.59 Å². The van der Waals surface area contributed by atoms with Crippen molar-refractivity contribution < 1.29 is 9.59 Å². The Morgan fingerprint density at radius 1 is 1.18 bits per heavy atom. The molecule has 0 radical (unpaired) electrons. The number of carbonyl (C=O) groups excluding carboxylic acids is 2. The Balaban J connectivity index is 1.84. The van der Waals surface area contributed by atoms with E-state index in [1.807, 2.05) is 55.6 Å². The minimum atomic E-state index is -0.274. The van der Waals surface area contributed by atoms with Gasteiger partial charge in [0.05, 0.1) is 5.69 Å². The van der Waals surface area contributed by atoms with Gasteiger partial charge in [-0.25, -0.2) is 4.98 Å². The highest BCUT2D eigenvalue weighted by Crippen LogP contribution is 2.23. The first-order chi connectivity index (χ1) is 13.4. The van der Waals surface area contributed by atoms with Crippen molar-refractivity contribution in [3.05, 3.63) is 46.5 Å². The van der Waals surface area contributed by atoms with Gasteiger partial charge in [-0.3, -0.25) is 9.59 Å². The number of anilines is 1. The van der Waals surface area contributed by atoms with Crippen molar-refractivity contribution >= 4 is 17.5 Å². The molecule has 2 N–H and O–H groups in total. The van der Waals surface area contributed by atoms with E-state index >= 15 is 0 Å². The number of hydrogen-bond donors (Lipinski definition) is 2. The Morgan fingerprint density at radius 2 is 1.96 bits per heavy atom. The molecule has 0 saturated heterocycles. The van der Waals surface area contributed by atoms with Crippen LogP contribution < -0.4 is 10.6 Å². The van der Waals surface area contributed by atoms with E-state index in [1.54, 1.807) is 0 Å². The van der Waals surface area contributed by atoms with Crippen molar-refractivity contribution in [2.75, 3.05) is 32.5 Å². The average molecular weight is 383 g/mol. The van der Waals surface area contributed by atoms with E-state index in [-0.39, 0.29) is 11.8 Å². The number of amides is 2. The largest absolute Gasteiger partial charge is 0.349 e. The highest BCUT2D eigenvalue weighted by atomic mass is 16.2. The molecular weight excluding hydrogens is 354 g/mol. The molecule has 7 nitrogen and oxygen atoms in total. The Morgan fingerprint density at radius 3 is 2.71 bits per heavy atom. The van der Waals surface area contributed by atoms with Gasteiger partial charge in [-0.15, -0.1) is 0 Å². The molecule has 7 heteroatoms. The summed E-state index contributed by atoms with van der Waals surface area (Å²) in [6.07, 6.45) is 2.75. The molecule has 0 atom stereocenters. The van der Waals surface area contributed by atoms with Crippen molar-refractivity contribution in [2.24, 2.45) is 0 Å². The number of likely N-dealkylation sites (N-methyl/N-ethyl adjacent to an activating group) is 1. The summed E-state index contributed by atoms with van der Waals surface area (Å²) in [5.41, 5.74) is 4.08. The van der Waals surface area contributed by atoms with Gasteiger partial charge in [0.2, 0.25) is 0 Å². The number of nitrogens with one attached hydrogen (secondary N) is 2. The molecule has 2 amide bonds. The van der Waals surface area contributed by atoms with E-state index in [0.717, 1.165) is 48.3 Å². The molecule has 0 bridgehead atoms. The lowest BCUT2D eigenvalue weighted by molar-refractivity contribution is 0.0945. The van der Waals surface area contributed by atoms with Gasteiger partial charge in [-0.2, -0.15) is 0 Å². The molecule has 28 heavy (non-hydrogen) atoms. The average Bonchev–Trinajstić information content (AvgIpc) is 3.04. The van der Waals surface area contributed by atoms with Crippen LogP contribution in [0.2, 0.25) is 0 Å². The quantitative estimate of drug-likeness (QED) is 0.803. The second kappa shape index (κ2) is 8.56. The van der Waals surface area contributed by atoms with Crippen molar-refractivity contribution in [2.45, 2.75) is 39.7 Å². The van der Waals surface area contributed by atoms with Crippen molar-refractivity contribution in [1.29, 1.82) is 0 Å². The number of aromatic nitrogens is 2. The van der Waals surface area contributed by atoms with Crippen LogP contribution in [0.25, 0.3) is 0 Å². The molecule has 3 rings (SSSR count). The number of nitrogens with zero attached hydrogens (tertiary/aromatic N) is 3. The number of rotatable bonds is 6. The standard InChI is InChI=1S/C21H29N5O2/c1-14-8-9-15(2)16(13-14)23-21(28)19-24-18(17-7-5-6-11-26(17)19)20(27)22-10-12-25(3)4/h8-9,13H,5-7,10-12H2,1-4H3,(H,22,27)(H,23,28). The SMILES string of the molecule is Cc1ccc(C)c(NC(=O)c2nc(C(=O)NCCN(C)C)c3n2CCCC3)c1. The number of carbonyl (C=O) groups is 2. The lowest BCUT2D eigenvalue weighted by Crippen LogP contribution is -2.32. The molecule has 1 aromatic heterocycles. The molecule has 0 saturated carbocycles. The fourth-order valence-corrected chi connectivity index (χ4v) is 3.42. The van der Waals surface area contributed by atoms with E-state index in [4.69, 9.17) is 0 Å². The van der Waals surface area contributed by atoms with Crippen molar-refractivity contribution in [3.8, 4) is 0 Å². The Bertz CT molecular complexity index is 885. The molecular formula is C21H29N5O2. The topological polar surface area (TPSA) is 79.3 Å². The Hall–Kier alpha value is -2.67. The van der Waals surface area contributed by atoms with Crippen LogP contribution in [0.15, 0.2) is 18.2 Å². The van der Waals surface area contributed by atoms with E-state index in [2.05, 4.69) is 15.6 Å². The Kier molecular flexibility index (Phi) is 6.14. The van der Waals surface area contributed by atoms with Crippen LogP contribution in [0.3, 0.4) is 0 Å². The smallest absolute Gasteiger partial charge is 0.291 e. The first kappa shape index (κ1) is 20.1. The monoisotopic (exact) mass is 383 g/mol. The zero-order valence-corrected chi connectivity index (χ0v) is 17.1. The molecule has 0 aliphatic carbocycles. The molecule has 0 fully saturated rings. The van der Waals surface area contributed by atoms with Crippen LogP contribution >= 0.6 is 0 Å². The minimum absolute atomic E-state index is 0.210. The van der Waals surface area contributed by atoms with Crippen LogP contribution in [0.4, 0.5) is 5.69 Å². The molecule has 1 aliphatic heterocycles. The lowest BCUT2D eigenvalue weighted by atomic mass is 10.1. The van der Waals surface area contributed by atoms with Crippen LogP contribution in [-0.4, -0.2) is 53.5 Å². The molecule has 1 aromatic carbocycles. The predicted molar refractivity (Wildman–Crippen MR) is 110 cm³/mol. The summed E-state index contributed by atoms with van der Waals surface area (Å²) in [6, 6.07) is 5.94. The summed E-state index contributed by atoms with van der Waals surface area (Å²) in [4.78, 5) is 32.1. The third kappa shape index (κ3) is 4.42. The Labute approximate surface area is 166 Å². The van der Waals surface area contributed by atoms with E-state index < -0.39 is 0 Å². The van der Waals surface area contributed by atoms with Gasteiger partial charge in [-0.1, -0.05) is 12.1 Å². The third-order valence-electron chi connectivity index (χ3n) is 5.02. The molecule has 150 valence electrons. The van der Waals surface area contributed by atoms with Crippen LogP contribution in [0, 0.1) is 13.8 Å². The summed E-state index contributed by atoms with van der Waals surface area (Å²) in [7, 11) is 3.92. The third-order valence-corrected chi connectivity index (χ3v) is 5.02. The molecule has 1 aliphatic rings. The van der Waals surface area contributed by atoms with Crippen LogP contribution in [-0.2, 0) is 13.0 Å². The second-order valence-electron chi connectivity index (χ2n) is 7.67. The second-order valence-corrected chi connectivity index (χ2v) is 7.67. The number of aryl methyl sites for hydroxylation is 2. The molecule has 0 unspecified atom stereocenters. The van der Waals surface area contributed by atoms with Crippen LogP contribution in [0.5, 0.6) is 0 Å². The van der Waals surface area contributed by atoms with Crippen LogP contribution in [0.1, 0.15) is 50.8 Å². The zero-order valence-electron chi connectivity index (χ0n) is 17.1. The molecule has 2 heterocycles. The van der Waals surface area contributed by atoms with Gasteiger partial charge >= 0.3 is 0 Å². The molecule has 0 spiro atoms. The van der Waals surface area contributed by atoms with Crippen molar-refractivity contribution in [1.82, 2.24) is 19.8 Å². The first-order valence-electron chi connectivity index (χ1n) is 9.77. The maximum atomic E-state index is 13.0. The normalized spacial score (nSPS) is 13.3. The number of hydrogen-bond acceptors (Lipinski definition) is 4. The minimum Gasteiger partial charge on any atom is -0.349 e. The van der Waals surface area contributed by atoms with E-state index in [0.29, 0.717) is 24.6 Å². The van der Waals surface area contributed by atoms with Gasteiger partial charge in [-0.05, 0) is 64.4 Å². The van der Waals surface area contributed by atoms with Crippen molar-refractivity contribution in [3.63, 3.8) is 0 Å².